The summed E-state index contributed by atoms with van der Waals surface area (Å²) in [5.74, 6) is 0.670. The number of fused-ring (bicyclic) bond motifs is 2. The Kier molecular flexibility index (Phi) is 5.41. The number of ether oxygens (including phenoxy) is 1. The molecule has 4 aromatic carbocycles. The molecular formula is C29H21ClN4O. The molecule has 1 atom stereocenters. The lowest BCUT2D eigenvalue weighted by Gasteiger charge is -2.20. The molecule has 5 nitrogen and oxygen atoms in total. The van der Waals surface area contributed by atoms with Gasteiger partial charge in [-0.3, -0.25) is 5.73 Å². The second kappa shape index (κ2) is 8.87. The Hall–Kier alpha value is -4.19. The molecule has 1 aliphatic rings. The van der Waals surface area contributed by atoms with Crippen molar-refractivity contribution in [3.05, 3.63) is 119 Å². The van der Waals surface area contributed by atoms with Gasteiger partial charge in [-0.2, -0.15) is 0 Å². The Labute approximate surface area is 207 Å². The number of aliphatic imine (C=N–C) groups is 1. The molecule has 0 saturated heterocycles. The van der Waals surface area contributed by atoms with E-state index in [-0.39, 0.29) is 0 Å². The van der Waals surface area contributed by atoms with Gasteiger partial charge in [0, 0.05) is 38.7 Å². The van der Waals surface area contributed by atoms with Gasteiger partial charge in [0.05, 0.1) is 22.4 Å². The predicted molar refractivity (Wildman–Crippen MR) is 144 cm³/mol. The number of nitrogens with zero attached hydrogens (tertiary/aromatic N) is 2. The molecule has 3 N–H and O–H groups in total. The molecule has 0 saturated carbocycles. The first-order valence-electron chi connectivity index (χ1n) is 11.3. The molecule has 0 radical (unpaired) electrons. The lowest BCUT2D eigenvalue weighted by Crippen LogP contribution is -2.26. The van der Waals surface area contributed by atoms with Crippen LogP contribution in [0.25, 0.3) is 27.6 Å². The number of hydrogen-bond acceptors (Lipinski definition) is 5. The smallest absolute Gasteiger partial charge is 0.245 e. The fraction of sp³-hybridized carbons (Fsp3) is 0.0345. The summed E-state index contributed by atoms with van der Waals surface area (Å²) in [6.45, 7) is 0. The molecule has 0 spiro atoms. The molecule has 1 unspecified atom stereocenters. The van der Waals surface area contributed by atoms with Crippen LogP contribution in [0.5, 0.6) is 0 Å². The number of para-hydroxylation sites is 2. The van der Waals surface area contributed by atoms with Crippen molar-refractivity contribution in [3.8, 4) is 0 Å². The summed E-state index contributed by atoms with van der Waals surface area (Å²) in [7, 11) is 0. The van der Waals surface area contributed by atoms with Gasteiger partial charge in [-0.25, -0.2) is 9.98 Å². The van der Waals surface area contributed by atoms with Crippen molar-refractivity contribution in [2.75, 3.05) is 5.32 Å². The molecule has 5 aromatic rings. The highest BCUT2D eigenvalue weighted by atomic mass is 35.5. The lowest BCUT2D eigenvalue weighted by atomic mass is 10.1. The minimum atomic E-state index is -0.770. The summed E-state index contributed by atoms with van der Waals surface area (Å²) in [6, 6.07) is 31.9. The molecule has 6 rings (SSSR count). The van der Waals surface area contributed by atoms with Gasteiger partial charge in [0.1, 0.15) is 5.76 Å². The third-order valence-electron chi connectivity index (χ3n) is 5.95. The van der Waals surface area contributed by atoms with Gasteiger partial charge in [-0.15, -0.1) is 0 Å². The van der Waals surface area contributed by atoms with E-state index >= 15 is 0 Å². The van der Waals surface area contributed by atoms with Gasteiger partial charge in [0.2, 0.25) is 6.35 Å². The monoisotopic (exact) mass is 476 g/mol. The number of pyridine rings is 1. The Balaban J connectivity index is 1.33. The topological polar surface area (TPSA) is 72.5 Å². The first kappa shape index (κ1) is 21.4. The van der Waals surface area contributed by atoms with E-state index in [9.17, 15) is 0 Å². The molecule has 0 fully saturated rings. The van der Waals surface area contributed by atoms with E-state index in [1.807, 2.05) is 91.0 Å². The van der Waals surface area contributed by atoms with E-state index in [0.717, 1.165) is 50.0 Å². The van der Waals surface area contributed by atoms with Crippen molar-refractivity contribution < 1.29 is 4.74 Å². The van der Waals surface area contributed by atoms with Crippen LogP contribution >= 0.6 is 11.6 Å². The van der Waals surface area contributed by atoms with Gasteiger partial charge < -0.3 is 10.1 Å². The molecule has 2 heterocycles. The average Bonchev–Trinajstić information content (AvgIpc) is 2.89. The minimum absolute atomic E-state index is 0.670. The fourth-order valence-electron chi connectivity index (χ4n) is 4.26. The molecule has 1 aliphatic heterocycles. The SMILES string of the molecule is NC1N=C(c2ccc(Cl)cc2)C=C(c2ccc(Nc3c4ccccc4nc4ccccc34)cc2)O1. The van der Waals surface area contributed by atoms with Gasteiger partial charge >= 0.3 is 0 Å². The van der Waals surface area contributed by atoms with Crippen molar-refractivity contribution in [2.45, 2.75) is 6.35 Å². The number of benzene rings is 4. The number of nitrogens with two attached hydrogens (primary N) is 1. The van der Waals surface area contributed by atoms with E-state index in [1.165, 1.54) is 0 Å². The van der Waals surface area contributed by atoms with Crippen molar-refractivity contribution in [1.82, 2.24) is 4.98 Å². The standard InChI is InChI=1S/C29H21ClN4O/c30-20-13-9-18(10-14-20)26-17-27(35-29(31)34-26)19-11-15-21(16-12-19)32-28-22-5-1-3-7-24(22)33-25-8-4-2-6-23(25)28/h1-17,29H,31H2,(H,32,33). The summed E-state index contributed by atoms with van der Waals surface area (Å²) in [6.07, 6.45) is 1.13. The summed E-state index contributed by atoms with van der Waals surface area (Å²) in [4.78, 5) is 9.23. The van der Waals surface area contributed by atoms with Crippen LogP contribution in [-0.2, 0) is 4.74 Å². The van der Waals surface area contributed by atoms with Gasteiger partial charge in [0.25, 0.3) is 0 Å². The zero-order chi connectivity index (χ0) is 23.8. The van der Waals surface area contributed by atoms with Gasteiger partial charge in [-0.1, -0.05) is 60.1 Å². The Morgan fingerprint density at radius 3 is 2.00 bits per heavy atom. The van der Waals surface area contributed by atoms with Crippen LogP contribution < -0.4 is 11.1 Å². The van der Waals surface area contributed by atoms with Crippen molar-refractivity contribution in [1.29, 1.82) is 0 Å². The number of hydrogen-bond donors (Lipinski definition) is 2. The molecule has 0 bridgehead atoms. The zero-order valence-corrected chi connectivity index (χ0v) is 19.4. The van der Waals surface area contributed by atoms with E-state index in [2.05, 4.69) is 22.4 Å². The van der Waals surface area contributed by atoms with Crippen LogP contribution in [0.4, 0.5) is 11.4 Å². The quantitative estimate of drug-likeness (QED) is 0.277. The maximum Gasteiger partial charge on any atom is 0.245 e. The van der Waals surface area contributed by atoms with E-state index in [4.69, 9.17) is 27.1 Å². The zero-order valence-electron chi connectivity index (χ0n) is 18.7. The maximum atomic E-state index is 6.06. The summed E-state index contributed by atoms with van der Waals surface area (Å²) < 4.78 is 5.82. The maximum absolute atomic E-state index is 6.06. The van der Waals surface area contributed by atoms with Crippen molar-refractivity contribution in [2.24, 2.45) is 10.7 Å². The predicted octanol–water partition coefficient (Wildman–Crippen LogP) is 6.89. The Morgan fingerprint density at radius 2 is 1.34 bits per heavy atom. The first-order valence-corrected chi connectivity index (χ1v) is 11.6. The van der Waals surface area contributed by atoms with Crippen molar-refractivity contribution in [3.63, 3.8) is 0 Å². The van der Waals surface area contributed by atoms with Crippen molar-refractivity contribution >= 4 is 56.3 Å². The van der Waals surface area contributed by atoms with Crippen LogP contribution in [0.2, 0.25) is 5.02 Å². The van der Waals surface area contributed by atoms with Gasteiger partial charge in [-0.05, 0) is 48.5 Å². The van der Waals surface area contributed by atoms with E-state index in [1.54, 1.807) is 0 Å². The second-order valence-electron chi connectivity index (χ2n) is 8.26. The molecule has 0 amide bonds. The summed E-state index contributed by atoms with van der Waals surface area (Å²) in [5.41, 5.74) is 12.6. The van der Waals surface area contributed by atoms with E-state index in [0.29, 0.717) is 10.8 Å². The van der Waals surface area contributed by atoms with Crippen LogP contribution in [0, 0.1) is 0 Å². The highest BCUT2D eigenvalue weighted by molar-refractivity contribution is 6.30. The molecule has 35 heavy (non-hydrogen) atoms. The van der Waals surface area contributed by atoms with Crippen LogP contribution in [0.3, 0.4) is 0 Å². The average molecular weight is 477 g/mol. The number of rotatable bonds is 4. The van der Waals surface area contributed by atoms with Gasteiger partial charge in [0.15, 0.2) is 0 Å². The number of aromatic nitrogens is 1. The number of anilines is 2. The largest absolute Gasteiger partial charge is 0.455 e. The molecule has 0 aliphatic carbocycles. The third kappa shape index (κ3) is 4.23. The summed E-state index contributed by atoms with van der Waals surface area (Å²) >= 11 is 6.03. The first-order chi connectivity index (χ1) is 17.1. The number of halogens is 1. The second-order valence-corrected chi connectivity index (χ2v) is 8.70. The highest BCUT2D eigenvalue weighted by Crippen LogP contribution is 2.33. The number of nitrogens with one attached hydrogen (secondary N) is 1. The minimum Gasteiger partial charge on any atom is -0.455 e. The number of allylic oxidation sites excluding steroid dienone is 1. The summed E-state index contributed by atoms with van der Waals surface area (Å²) in [5, 5.41) is 6.43. The fourth-order valence-corrected chi connectivity index (χ4v) is 4.38. The van der Waals surface area contributed by atoms with E-state index < -0.39 is 6.35 Å². The molecule has 6 heteroatoms. The molecule has 170 valence electrons. The Morgan fingerprint density at radius 1 is 0.743 bits per heavy atom. The normalized spacial score (nSPS) is 15.4. The molecular weight excluding hydrogens is 456 g/mol. The third-order valence-corrected chi connectivity index (χ3v) is 6.20. The van der Waals surface area contributed by atoms with Crippen LogP contribution in [0.15, 0.2) is 108 Å². The van der Waals surface area contributed by atoms with Crippen LogP contribution in [0.1, 0.15) is 11.1 Å². The lowest BCUT2D eigenvalue weighted by molar-refractivity contribution is 0.180. The Bertz CT molecular complexity index is 1550. The van der Waals surface area contributed by atoms with Crippen LogP contribution in [-0.4, -0.2) is 17.0 Å². The highest BCUT2D eigenvalue weighted by Gasteiger charge is 2.17. The molecule has 1 aromatic heterocycles.